The highest BCUT2D eigenvalue weighted by Crippen LogP contribution is 2.43. The van der Waals surface area contributed by atoms with Gasteiger partial charge in [0, 0.05) is 6.04 Å². The number of nitrogens with one attached hydrogen (secondary N) is 1. The van der Waals surface area contributed by atoms with Crippen LogP contribution in [0.15, 0.2) is 67.1 Å². The number of nitrogens with two attached hydrogens (primary N) is 1. The fourth-order valence-electron chi connectivity index (χ4n) is 5.15. The molecule has 3 N–H and O–H groups in total. The molecule has 0 saturated heterocycles. The summed E-state index contributed by atoms with van der Waals surface area (Å²) in [4.78, 5) is 22.1. The summed E-state index contributed by atoms with van der Waals surface area (Å²) in [5, 5.41) is 6.77. The Morgan fingerprint density at radius 2 is 1.78 bits per heavy atom. The van der Waals surface area contributed by atoms with Gasteiger partial charge in [0.15, 0.2) is 5.82 Å². The minimum absolute atomic E-state index is 0.0305. The molecule has 188 valence electrons. The van der Waals surface area contributed by atoms with Crippen molar-refractivity contribution in [3.05, 3.63) is 84.3 Å². The molecule has 1 aliphatic carbocycles. The lowest BCUT2D eigenvalue weighted by molar-refractivity contribution is -0.106. The van der Waals surface area contributed by atoms with Gasteiger partial charge in [-0.1, -0.05) is 36.8 Å². The summed E-state index contributed by atoms with van der Waals surface area (Å²) >= 11 is 0. The normalized spacial score (nSPS) is 17.2. The van der Waals surface area contributed by atoms with Crippen LogP contribution >= 0.6 is 0 Å². The summed E-state index contributed by atoms with van der Waals surface area (Å²) in [5.41, 5.74) is 7.50. The van der Waals surface area contributed by atoms with Crippen LogP contribution in [0.5, 0.6) is 0 Å². The Bertz CT molecular complexity index is 1520. The van der Waals surface area contributed by atoms with Crippen molar-refractivity contribution in [2.24, 2.45) is 5.73 Å². The smallest absolute Gasteiger partial charge is 0.204 e. The first kappa shape index (κ1) is 24.2. The van der Waals surface area contributed by atoms with Gasteiger partial charge in [0.25, 0.3) is 0 Å². The Morgan fingerprint density at radius 1 is 1.03 bits per heavy atom. The number of benzene rings is 2. The molecule has 3 heterocycles. The molecule has 0 spiro atoms. The van der Waals surface area contributed by atoms with Gasteiger partial charge in [-0.15, -0.1) is 0 Å². The van der Waals surface area contributed by atoms with Crippen LogP contribution in [0.2, 0.25) is 0 Å². The fourth-order valence-corrected chi connectivity index (χ4v) is 5.15. The van der Waals surface area contributed by atoms with Gasteiger partial charge in [-0.05, 0) is 55.0 Å². The first-order valence-corrected chi connectivity index (χ1v) is 12.0. The molecule has 1 aliphatic rings. The molecule has 1 saturated carbocycles. The average Bonchev–Trinajstić information content (AvgIpc) is 3.58. The minimum atomic E-state index is -0.330. The van der Waals surface area contributed by atoms with Crippen LogP contribution in [0.1, 0.15) is 43.2 Å². The largest absolute Gasteiger partial charge is 0.372 e. The predicted molar refractivity (Wildman–Crippen MR) is 135 cm³/mol. The summed E-state index contributed by atoms with van der Waals surface area (Å²) in [6, 6.07) is 15.6. The van der Waals surface area contributed by atoms with Crippen molar-refractivity contribution in [2.75, 3.05) is 0 Å². The molecule has 10 heteroatoms. The Morgan fingerprint density at radius 3 is 2.51 bits per heavy atom. The third-order valence-electron chi connectivity index (χ3n) is 6.70. The van der Waals surface area contributed by atoms with E-state index in [1.165, 1.54) is 18.5 Å². The zero-order valence-corrected chi connectivity index (χ0v) is 19.9. The Labute approximate surface area is 211 Å². The van der Waals surface area contributed by atoms with Gasteiger partial charge < -0.3 is 10.3 Å². The van der Waals surface area contributed by atoms with E-state index in [0.29, 0.717) is 28.4 Å². The maximum Gasteiger partial charge on any atom is 0.204 e. The number of amides is 1. The molecule has 5 aromatic rings. The zero-order chi connectivity index (χ0) is 25.8. The number of pyridine rings is 1. The van der Waals surface area contributed by atoms with Crippen molar-refractivity contribution < 1.29 is 13.6 Å². The highest BCUT2D eigenvalue weighted by atomic mass is 19.1. The Kier molecular flexibility index (Phi) is 6.98. The van der Waals surface area contributed by atoms with Crippen molar-refractivity contribution in [3.63, 3.8) is 0 Å². The Balaban J connectivity index is 0.000000892. The SMILES string of the molecule is Fc1ccccc1-c1nc2cnc(-c3ncn[nH]3)cc2n1C1CCCC(c2ccccc2F)C1.NC=O. The summed E-state index contributed by atoms with van der Waals surface area (Å²) in [7, 11) is 0. The molecule has 3 aromatic heterocycles. The van der Waals surface area contributed by atoms with Gasteiger partial charge in [0.1, 0.15) is 35.0 Å². The second-order valence-electron chi connectivity index (χ2n) is 8.85. The van der Waals surface area contributed by atoms with Crippen molar-refractivity contribution in [1.82, 2.24) is 29.7 Å². The van der Waals surface area contributed by atoms with E-state index in [-0.39, 0.29) is 30.0 Å². The van der Waals surface area contributed by atoms with Gasteiger partial charge in [-0.3, -0.25) is 14.9 Å². The highest BCUT2D eigenvalue weighted by molar-refractivity contribution is 5.83. The number of nitrogens with zero attached hydrogens (tertiary/aromatic N) is 5. The lowest BCUT2D eigenvalue weighted by Gasteiger charge is -2.32. The van der Waals surface area contributed by atoms with E-state index in [2.05, 4.69) is 30.5 Å². The van der Waals surface area contributed by atoms with Crippen molar-refractivity contribution in [2.45, 2.75) is 37.6 Å². The molecule has 1 fully saturated rings. The molecule has 2 aromatic carbocycles. The summed E-state index contributed by atoms with van der Waals surface area (Å²) in [6.07, 6.45) is 6.88. The lowest BCUT2D eigenvalue weighted by atomic mass is 9.81. The van der Waals surface area contributed by atoms with Crippen LogP contribution < -0.4 is 5.73 Å². The molecule has 8 nitrogen and oxygen atoms in total. The monoisotopic (exact) mass is 501 g/mol. The summed E-state index contributed by atoms with van der Waals surface area (Å²) in [6.45, 7) is 0. The number of rotatable bonds is 4. The number of aromatic nitrogens is 6. The second-order valence-corrected chi connectivity index (χ2v) is 8.85. The van der Waals surface area contributed by atoms with Crippen molar-refractivity contribution in [3.8, 4) is 22.9 Å². The summed E-state index contributed by atoms with van der Waals surface area (Å²) < 4.78 is 31.6. The van der Waals surface area contributed by atoms with E-state index < -0.39 is 0 Å². The van der Waals surface area contributed by atoms with Gasteiger partial charge in [-0.2, -0.15) is 5.10 Å². The number of carbonyl (C=O) groups is 1. The van der Waals surface area contributed by atoms with E-state index in [1.54, 1.807) is 24.4 Å². The quantitative estimate of drug-likeness (QED) is 0.330. The second kappa shape index (κ2) is 10.7. The Hall–Kier alpha value is -4.47. The van der Waals surface area contributed by atoms with Gasteiger partial charge in [0.2, 0.25) is 6.41 Å². The number of primary amides is 1. The van der Waals surface area contributed by atoms with E-state index in [0.717, 1.165) is 36.8 Å². The zero-order valence-electron chi connectivity index (χ0n) is 19.9. The first-order chi connectivity index (χ1) is 18.1. The van der Waals surface area contributed by atoms with E-state index in [9.17, 15) is 8.78 Å². The highest BCUT2D eigenvalue weighted by Gasteiger charge is 2.30. The number of aromatic amines is 1. The number of hydrogen-bond donors (Lipinski definition) is 2. The molecule has 1 amide bonds. The molecule has 37 heavy (non-hydrogen) atoms. The van der Waals surface area contributed by atoms with Crippen LogP contribution in [0.4, 0.5) is 8.78 Å². The fraction of sp³-hybridized carbons (Fsp3) is 0.222. The van der Waals surface area contributed by atoms with E-state index >= 15 is 0 Å². The molecule has 0 bridgehead atoms. The van der Waals surface area contributed by atoms with Crippen LogP contribution in [-0.4, -0.2) is 36.1 Å². The average molecular weight is 502 g/mol. The number of carbonyl (C=O) groups excluding carboxylic acids is 1. The van der Waals surface area contributed by atoms with Gasteiger partial charge in [-0.25, -0.2) is 18.7 Å². The number of fused-ring (bicyclic) bond motifs is 1. The number of H-pyrrole nitrogens is 1. The lowest BCUT2D eigenvalue weighted by Crippen LogP contribution is -2.20. The summed E-state index contributed by atoms with van der Waals surface area (Å²) in [5.74, 6) is 0.693. The van der Waals surface area contributed by atoms with E-state index in [4.69, 9.17) is 9.78 Å². The number of hydrogen-bond acceptors (Lipinski definition) is 5. The molecule has 0 radical (unpaired) electrons. The van der Waals surface area contributed by atoms with Gasteiger partial charge in [0.05, 0.1) is 17.3 Å². The minimum Gasteiger partial charge on any atom is -0.372 e. The molecular weight excluding hydrogens is 476 g/mol. The third-order valence-corrected chi connectivity index (χ3v) is 6.70. The molecule has 0 aliphatic heterocycles. The van der Waals surface area contributed by atoms with E-state index in [1.807, 2.05) is 24.3 Å². The maximum atomic E-state index is 14.9. The third kappa shape index (κ3) is 4.82. The molecule has 2 atom stereocenters. The molecule has 2 unspecified atom stereocenters. The number of imidazole rings is 1. The standard InChI is InChI=1S/C26H22F2N6.CH3NO/c27-20-10-3-1-8-18(20)16-6-5-7-17(12-16)34-24-13-22(25-30-15-31-33-25)29-14-23(24)32-26(34)19-9-2-4-11-21(19)28;2-1-3/h1-4,8-11,13-17H,5-7,12H2,(H,30,31,33);1H,(H2,2,3). The van der Waals surface area contributed by atoms with Crippen LogP contribution in [0.25, 0.3) is 33.9 Å². The number of halogens is 2. The van der Waals surface area contributed by atoms with Crippen molar-refractivity contribution in [1.29, 1.82) is 0 Å². The molecular formula is C27H25F2N7O. The predicted octanol–water partition coefficient (Wildman–Crippen LogP) is 5.16. The maximum absolute atomic E-state index is 14.9. The van der Waals surface area contributed by atoms with Crippen LogP contribution in [0.3, 0.4) is 0 Å². The first-order valence-electron chi connectivity index (χ1n) is 12.0. The van der Waals surface area contributed by atoms with Gasteiger partial charge >= 0.3 is 0 Å². The van der Waals surface area contributed by atoms with Crippen LogP contribution in [0, 0.1) is 11.6 Å². The topological polar surface area (TPSA) is 115 Å². The van der Waals surface area contributed by atoms with Crippen molar-refractivity contribution >= 4 is 17.4 Å². The molecule has 6 rings (SSSR count). The van der Waals surface area contributed by atoms with Crippen LogP contribution in [-0.2, 0) is 4.79 Å².